The van der Waals surface area contributed by atoms with Gasteiger partial charge in [-0.1, -0.05) is 43.5 Å². The first-order valence-corrected chi connectivity index (χ1v) is 13.4. The maximum atomic E-state index is 13.8. The summed E-state index contributed by atoms with van der Waals surface area (Å²) in [7, 11) is 0. The maximum Gasteiger partial charge on any atom is 0.243 e. The molecular formula is C28H39N5O2. The number of aromatic nitrogens is 2. The van der Waals surface area contributed by atoms with Crippen LogP contribution in [0.1, 0.15) is 80.3 Å². The summed E-state index contributed by atoms with van der Waals surface area (Å²) in [6, 6.07) is 8.27. The molecule has 3 N–H and O–H groups in total. The molecule has 2 fully saturated rings. The molecule has 0 radical (unpaired) electrons. The number of benzene rings is 1. The molecule has 0 bridgehead atoms. The normalized spacial score (nSPS) is 25.2. The van der Waals surface area contributed by atoms with Crippen LogP contribution in [0.2, 0.25) is 0 Å². The highest BCUT2D eigenvalue weighted by atomic mass is 16.2. The molecule has 7 heteroatoms. The van der Waals surface area contributed by atoms with Crippen LogP contribution in [0, 0.1) is 12.8 Å². The molecule has 1 aromatic carbocycles. The molecule has 0 saturated heterocycles. The van der Waals surface area contributed by atoms with Crippen LogP contribution in [0.3, 0.4) is 0 Å². The monoisotopic (exact) mass is 477 g/mol. The lowest BCUT2D eigenvalue weighted by molar-refractivity contribution is -0.146. The van der Waals surface area contributed by atoms with E-state index in [1.54, 1.807) is 0 Å². The summed E-state index contributed by atoms with van der Waals surface area (Å²) in [5.41, 5.74) is 10.5. The Balaban J connectivity index is 1.38. The second kappa shape index (κ2) is 10.5. The Bertz CT molecular complexity index is 1050. The average Bonchev–Trinajstić information content (AvgIpc) is 3.27. The maximum absolute atomic E-state index is 13.8. The molecule has 35 heavy (non-hydrogen) atoms. The largest absolute Gasteiger partial charge is 0.352 e. The minimum Gasteiger partial charge on any atom is -0.352 e. The minimum atomic E-state index is -0.491. The number of hydrogen-bond donors (Lipinski definition) is 2. The number of aryl methyl sites for hydroxylation is 1. The van der Waals surface area contributed by atoms with Gasteiger partial charge in [0.25, 0.3) is 0 Å². The summed E-state index contributed by atoms with van der Waals surface area (Å²) in [6.07, 6.45) is 11.3. The summed E-state index contributed by atoms with van der Waals surface area (Å²) in [5, 5.41) is 3.26. The van der Waals surface area contributed by atoms with E-state index >= 15 is 0 Å². The highest BCUT2D eigenvalue weighted by Crippen LogP contribution is 2.31. The van der Waals surface area contributed by atoms with E-state index in [0.717, 1.165) is 69.3 Å². The summed E-state index contributed by atoms with van der Waals surface area (Å²) >= 11 is 0. The molecule has 2 amide bonds. The van der Waals surface area contributed by atoms with Gasteiger partial charge in [0.15, 0.2) is 0 Å². The number of imidazole rings is 1. The molecule has 1 aliphatic heterocycles. The van der Waals surface area contributed by atoms with E-state index in [9.17, 15) is 9.59 Å². The van der Waals surface area contributed by atoms with Crippen molar-refractivity contribution in [2.75, 3.05) is 0 Å². The van der Waals surface area contributed by atoms with Gasteiger partial charge in [0.2, 0.25) is 11.8 Å². The number of nitrogens with one attached hydrogen (secondary N) is 1. The molecule has 5 rings (SSSR count). The molecule has 2 aromatic rings. The number of fused-ring (bicyclic) bond motifs is 1. The molecule has 2 saturated carbocycles. The predicted molar refractivity (Wildman–Crippen MR) is 135 cm³/mol. The molecular weight excluding hydrogens is 438 g/mol. The van der Waals surface area contributed by atoms with Gasteiger partial charge in [-0.05, 0) is 56.6 Å². The Labute approximate surface area is 208 Å². The summed E-state index contributed by atoms with van der Waals surface area (Å²) in [5.74, 6) is 0.138. The molecule has 2 heterocycles. The summed E-state index contributed by atoms with van der Waals surface area (Å²) in [6.45, 7) is 3.29. The van der Waals surface area contributed by atoms with E-state index in [1.165, 1.54) is 17.5 Å². The second-order valence-electron chi connectivity index (χ2n) is 10.8. The lowest BCUT2D eigenvalue weighted by Gasteiger charge is -2.38. The van der Waals surface area contributed by atoms with Crippen LogP contribution in [0.5, 0.6) is 0 Å². The lowest BCUT2D eigenvalue weighted by atomic mass is 9.87. The van der Waals surface area contributed by atoms with Crippen LogP contribution in [0.25, 0.3) is 0 Å². The third-order valence-electron chi connectivity index (χ3n) is 8.38. The van der Waals surface area contributed by atoms with Crippen molar-refractivity contribution in [3.05, 3.63) is 53.1 Å². The first-order chi connectivity index (χ1) is 17.0. The highest BCUT2D eigenvalue weighted by Gasteiger charge is 2.40. The first kappa shape index (κ1) is 24.0. The van der Waals surface area contributed by atoms with Crippen molar-refractivity contribution in [2.24, 2.45) is 11.7 Å². The minimum absolute atomic E-state index is 0.0287. The number of amides is 2. The third kappa shape index (κ3) is 5.30. The molecule has 188 valence electrons. The number of rotatable bonds is 5. The Hall–Kier alpha value is -2.67. The Morgan fingerprint density at radius 1 is 1.06 bits per heavy atom. The summed E-state index contributed by atoms with van der Waals surface area (Å²) in [4.78, 5) is 33.9. The van der Waals surface area contributed by atoms with Crippen LogP contribution in [-0.2, 0) is 29.1 Å². The third-order valence-corrected chi connectivity index (χ3v) is 8.38. The van der Waals surface area contributed by atoms with Crippen LogP contribution < -0.4 is 11.1 Å². The smallest absolute Gasteiger partial charge is 0.243 e. The van der Waals surface area contributed by atoms with Crippen LogP contribution in [-0.4, -0.2) is 44.4 Å². The number of hydrogen-bond acceptors (Lipinski definition) is 4. The van der Waals surface area contributed by atoms with Crippen molar-refractivity contribution >= 4 is 11.8 Å². The summed E-state index contributed by atoms with van der Waals surface area (Å²) < 4.78 is 2.16. The highest BCUT2D eigenvalue weighted by molar-refractivity contribution is 5.89. The van der Waals surface area contributed by atoms with Crippen molar-refractivity contribution in [1.29, 1.82) is 0 Å². The molecule has 0 spiro atoms. The number of nitrogens with zero attached hydrogens (tertiary/aromatic N) is 3. The van der Waals surface area contributed by atoms with E-state index in [2.05, 4.69) is 41.1 Å². The number of carbonyl (C=O) groups excluding carboxylic acids is 2. The first-order valence-electron chi connectivity index (χ1n) is 13.4. The van der Waals surface area contributed by atoms with Crippen molar-refractivity contribution in [3.63, 3.8) is 0 Å². The average molecular weight is 478 g/mol. The Morgan fingerprint density at radius 3 is 2.54 bits per heavy atom. The van der Waals surface area contributed by atoms with Crippen LogP contribution >= 0.6 is 0 Å². The van der Waals surface area contributed by atoms with Crippen molar-refractivity contribution in [1.82, 2.24) is 19.8 Å². The quantitative estimate of drug-likeness (QED) is 0.690. The zero-order valence-electron chi connectivity index (χ0n) is 20.9. The fourth-order valence-electron chi connectivity index (χ4n) is 6.08. The molecule has 1 atom stereocenters. The van der Waals surface area contributed by atoms with Crippen LogP contribution in [0.4, 0.5) is 0 Å². The van der Waals surface area contributed by atoms with Crippen molar-refractivity contribution < 1.29 is 9.59 Å². The van der Waals surface area contributed by atoms with E-state index in [-0.39, 0.29) is 29.8 Å². The predicted octanol–water partition coefficient (Wildman–Crippen LogP) is 3.46. The van der Waals surface area contributed by atoms with E-state index < -0.39 is 6.04 Å². The fraction of sp³-hybridized carbons (Fsp3) is 0.607. The van der Waals surface area contributed by atoms with Crippen molar-refractivity contribution in [3.8, 4) is 0 Å². The van der Waals surface area contributed by atoms with Gasteiger partial charge >= 0.3 is 0 Å². The number of carbonyl (C=O) groups is 2. The van der Waals surface area contributed by atoms with Gasteiger partial charge in [-0.15, -0.1) is 0 Å². The van der Waals surface area contributed by atoms with Crippen molar-refractivity contribution in [2.45, 2.75) is 102 Å². The standard InChI is InChI=1S/C28H39N5O2/c1-19-7-5-6-10-21(19)16-32-18-30-24-15-25(27(34)31-23-13-11-22(29)12-14-23)33(17-26(24)32)28(35)20-8-3-2-4-9-20/h5-7,10,18,20,22-23,25H,2-4,8-9,11-17,29H2,1H3,(H,31,34). The second-order valence-corrected chi connectivity index (χ2v) is 10.8. The lowest BCUT2D eigenvalue weighted by Crippen LogP contribution is -2.56. The van der Waals surface area contributed by atoms with Gasteiger partial charge in [0.05, 0.1) is 24.3 Å². The van der Waals surface area contributed by atoms with Crippen LogP contribution in [0.15, 0.2) is 30.6 Å². The molecule has 1 aromatic heterocycles. The van der Waals surface area contributed by atoms with Gasteiger partial charge in [0.1, 0.15) is 6.04 Å². The Morgan fingerprint density at radius 2 is 1.80 bits per heavy atom. The SMILES string of the molecule is Cc1ccccc1Cn1cnc2c1CN(C(=O)C1CCCCC1)C(C(=O)NC1CCC(N)CC1)C2. The number of nitrogens with two attached hydrogens (primary N) is 1. The van der Waals surface area contributed by atoms with Gasteiger partial charge in [-0.25, -0.2) is 4.98 Å². The molecule has 1 unspecified atom stereocenters. The van der Waals surface area contributed by atoms with Gasteiger partial charge in [-0.3, -0.25) is 9.59 Å². The van der Waals surface area contributed by atoms with E-state index in [1.807, 2.05) is 11.2 Å². The molecule has 3 aliphatic rings. The molecule has 7 nitrogen and oxygen atoms in total. The zero-order chi connectivity index (χ0) is 24.4. The molecule has 2 aliphatic carbocycles. The Kier molecular flexibility index (Phi) is 7.23. The topological polar surface area (TPSA) is 93.2 Å². The fourth-order valence-corrected chi connectivity index (χ4v) is 6.08. The van der Waals surface area contributed by atoms with Gasteiger partial charge in [0, 0.05) is 31.0 Å². The van der Waals surface area contributed by atoms with E-state index in [0.29, 0.717) is 13.0 Å². The zero-order valence-corrected chi connectivity index (χ0v) is 20.9. The van der Waals surface area contributed by atoms with E-state index in [4.69, 9.17) is 10.7 Å². The van der Waals surface area contributed by atoms with Gasteiger partial charge < -0.3 is 20.5 Å². The van der Waals surface area contributed by atoms with Gasteiger partial charge in [-0.2, -0.15) is 0 Å².